The maximum Gasteiger partial charge on any atom is 0.227 e. The first-order chi connectivity index (χ1) is 15.0. The largest absolute Gasteiger partial charge is 0.378 e. The Morgan fingerprint density at radius 2 is 1.74 bits per heavy atom. The van der Waals surface area contributed by atoms with Crippen molar-refractivity contribution in [3.05, 3.63) is 54.2 Å². The predicted octanol–water partition coefficient (Wildman–Crippen LogP) is 2.10. The summed E-state index contributed by atoms with van der Waals surface area (Å²) in [4.78, 5) is 19.5. The molecule has 1 aromatic heterocycles. The summed E-state index contributed by atoms with van der Waals surface area (Å²) in [6.45, 7) is 3.46. The molecule has 1 amide bonds. The quantitative estimate of drug-likeness (QED) is 0.734. The molecular weight excluding hydrogens is 416 g/mol. The maximum atomic E-state index is 12.9. The number of carbonyl (C=O) groups is 1. The lowest BCUT2D eigenvalue weighted by Gasteiger charge is -2.32. The summed E-state index contributed by atoms with van der Waals surface area (Å²) in [5, 5.41) is 3.02. The number of sulfonamides is 1. The minimum atomic E-state index is -3.39. The van der Waals surface area contributed by atoms with Gasteiger partial charge in [-0.25, -0.2) is 17.7 Å². The lowest BCUT2D eigenvalue weighted by molar-refractivity contribution is -0.120. The number of amides is 1. The third kappa shape index (κ3) is 5.41. The van der Waals surface area contributed by atoms with Gasteiger partial charge in [0.2, 0.25) is 15.9 Å². The highest BCUT2D eigenvalue weighted by atomic mass is 32.2. The standard InChI is InChI=1S/C22H28N4O4S/c27-22(24-20-7-4-10-23-21(20)25-13-15-30-16-14-25)19-8-11-26(12-9-19)31(28,29)17-18-5-2-1-3-6-18/h1-7,10,19H,8-9,11-17H2,(H,24,27). The van der Waals surface area contributed by atoms with E-state index in [4.69, 9.17) is 4.74 Å². The molecule has 0 saturated carbocycles. The Balaban J connectivity index is 1.35. The van der Waals surface area contributed by atoms with Crippen molar-refractivity contribution in [2.24, 2.45) is 5.92 Å². The molecule has 9 heteroatoms. The van der Waals surface area contributed by atoms with Gasteiger partial charge in [0.15, 0.2) is 5.82 Å². The number of nitrogens with one attached hydrogen (secondary N) is 1. The monoisotopic (exact) mass is 444 g/mol. The van der Waals surface area contributed by atoms with Gasteiger partial charge in [-0.05, 0) is 30.5 Å². The van der Waals surface area contributed by atoms with Crippen molar-refractivity contribution < 1.29 is 17.9 Å². The molecular formula is C22H28N4O4S. The Hall–Kier alpha value is -2.49. The van der Waals surface area contributed by atoms with Gasteiger partial charge in [0.25, 0.3) is 0 Å². The van der Waals surface area contributed by atoms with Crippen LogP contribution in [-0.4, -0.2) is 63.0 Å². The molecule has 2 saturated heterocycles. The number of anilines is 2. The van der Waals surface area contributed by atoms with Crippen molar-refractivity contribution in [3.8, 4) is 0 Å². The van der Waals surface area contributed by atoms with Crippen LogP contribution < -0.4 is 10.2 Å². The lowest BCUT2D eigenvalue weighted by atomic mass is 9.97. The number of pyridine rings is 1. The van der Waals surface area contributed by atoms with Crippen LogP contribution in [-0.2, 0) is 25.3 Å². The topological polar surface area (TPSA) is 91.8 Å². The van der Waals surface area contributed by atoms with Gasteiger partial charge < -0.3 is 15.0 Å². The minimum Gasteiger partial charge on any atom is -0.378 e. The molecule has 2 aliphatic heterocycles. The molecule has 3 heterocycles. The number of ether oxygens (including phenoxy) is 1. The molecule has 0 aliphatic carbocycles. The van der Waals surface area contributed by atoms with Crippen LogP contribution in [0.25, 0.3) is 0 Å². The molecule has 4 rings (SSSR count). The lowest BCUT2D eigenvalue weighted by Crippen LogP contribution is -2.42. The zero-order valence-electron chi connectivity index (χ0n) is 17.4. The van der Waals surface area contributed by atoms with E-state index in [1.165, 1.54) is 4.31 Å². The van der Waals surface area contributed by atoms with E-state index in [1.807, 2.05) is 36.4 Å². The number of rotatable bonds is 6. The van der Waals surface area contributed by atoms with Crippen LogP contribution in [0.1, 0.15) is 18.4 Å². The molecule has 8 nitrogen and oxygen atoms in total. The van der Waals surface area contributed by atoms with Gasteiger partial charge in [0.1, 0.15) is 0 Å². The van der Waals surface area contributed by atoms with Crippen LogP contribution in [0.15, 0.2) is 48.7 Å². The SMILES string of the molecule is O=C(Nc1cccnc1N1CCOCC1)C1CCN(S(=O)(=O)Cc2ccccc2)CC1. The highest BCUT2D eigenvalue weighted by Crippen LogP contribution is 2.27. The van der Waals surface area contributed by atoms with Crippen LogP contribution in [0, 0.1) is 5.92 Å². The summed E-state index contributed by atoms with van der Waals surface area (Å²) < 4.78 is 32.4. The Bertz CT molecular complexity index is 986. The van der Waals surface area contributed by atoms with E-state index in [0.29, 0.717) is 44.8 Å². The van der Waals surface area contributed by atoms with Crippen molar-refractivity contribution in [1.82, 2.24) is 9.29 Å². The average molecular weight is 445 g/mol. The van der Waals surface area contributed by atoms with E-state index in [9.17, 15) is 13.2 Å². The van der Waals surface area contributed by atoms with E-state index in [0.717, 1.165) is 24.5 Å². The second-order valence-corrected chi connectivity index (χ2v) is 9.85. The van der Waals surface area contributed by atoms with Crippen molar-refractivity contribution in [2.75, 3.05) is 49.6 Å². The smallest absolute Gasteiger partial charge is 0.227 e. The van der Waals surface area contributed by atoms with E-state index >= 15 is 0 Å². The van der Waals surface area contributed by atoms with Crippen LogP contribution in [0.2, 0.25) is 0 Å². The van der Waals surface area contributed by atoms with Crippen molar-refractivity contribution >= 4 is 27.4 Å². The van der Waals surface area contributed by atoms with E-state index in [2.05, 4.69) is 15.2 Å². The number of hydrogen-bond acceptors (Lipinski definition) is 6. The highest BCUT2D eigenvalue weighted by molar-refractivity contribution is 7.88. The Labute approximate surface area is 183 Å². The van der Waals surface area contributed by atoms with Gasteiger partial charge in [-0.2, -0.15) is 0 Å². The first-order valence-electron chi connectivity index (χ1n) is 10.6. The third-order valence-corrected chi connectivity index (χ3v) is 7.62. The van der Waals surface area contributed by atoms with Gasteiger partial charge >= 0.3 is 0 Å². The second kappa shape index (κ2) is 9.76. The summed E-state index contributed by atoms with van der Waals surface area (Å²) in [5.41, 5.74) is 1.46. The molecule has 0 bridgehead atoms. The fraction of sp³-hybridized carbons (Fsp3) is 0.455. The Morgan fingerprint density at radius 1 is 1.03 bits per heavy atom. The van der Waals surface area contributed by atoms with Crippen LogP contribution in [0.3, 0.4) is 0 Å². The van der Waals surface area contributed by atoms with Gasteiger partial charge in [0, 0.05) is 38.3 Å². The summed E-state index contributed by atoms with van der Waals surface area (Å²) in [6.07, 6.45) is 2.73. The number of carbonyl (C=O) groups excluding carboxylic acids is 1. The maximum absolute atomic E-state index is 12.9. The van der Waals surface area contributed by atoms with E-state index in [1.54, 1.807) is 12.3 Å². The number of piperidine rings is 1. The molecule has 31 heavy (non-hydrogen) atoms. The normalized spacial score (nSPS) is 18.6. The van der Waals surface area contributed by atoms with Crippen LogP contribution in [0.5, 0.6) is 0 Å². The summed E-state index contributed by atoms with van der Waals surface area (Å²) in [6, 6.07) is 12.8. The number of morpholine rings is 1. The Morgan fingerprint density at radius 3 is 2.45 bits per heavy atom. The zero-order valence-corrected chi connectivity index (χ0v) is 18.3. The van der Waals surface area contributed by atoms with Gasteiger partial charge in [0.05, 0.1) is 24.7 Å². The molecule has 0 radical (unpaired) electrons. The van der Waals surface area contributed by atoms with Crippen LogP contribution >= 0.6 is 0 Å². The van der Waals surface area contributed by atoms with E-state index in [-0.39, 0.29) is 17.6 Å². The van der Waals surface area contributed by atoms with Gasteiger partial charge in [-0.1, -0.05) is 30.3 Å². The molecule has 0 spiro atoms. The molecule has 1 aromatic carbocycles. The number of aromatic nitrogens is 1. The van der Waals surface area contributed by atoms with Crippen molar-refractivity contribution in [3.63, 3.8) is 0 Å². The summed E-state index contributed by atoms with van der Waals surface area (Å²) in [7, 11) is -3.39. The molecule has 0 unspecified atom stereocenters. The fourth-order valence-electron chi connectivity index (χ4n) is 4.03. The first kappa shape index (κ1) is 21.7. The second-order valence-electron chi connectivity index (χ2n) is 7.88. The molecule has 2 aromatic rings. The average Bonchev–Trinajstić information content (AvgIpc) is 2.80. The molecule has 0 atom stereocenters. The van der Waals surface area contributed by atoms with Crippen LogP contribution in [0.4, 0.5) is 11.5 Å². The molecule has 1 N–H and O–H groups in total. The number of benzene rings is 1. The Kier molecular flexibility index (Phi) is 6.84. The third-order valence-electron chi connectivity index (χ3n) is 5.77. The van der Waals surface area contributed by atoms with Crippen molar-refractivity contribution in [1.29, 1.82) is 0 Å². The molecule has 166 valence electrons. The summed E-state index contributed by atoms with van der Waals surface area (Å²) >= 11 is 0. The zero-order chi connectivity index (χ0) is 21.7. The van der Waals surface area contributed by atoms with E-state index < -0.39 is 10.0 Å². The highest BCUT2D eigenvalue weighted by Gasteiger charge is 2.31. The van der Waals surface area contributed by atoms with Crippen molar-refractivity contribution in [2.45, 2.75) is 18.6 Å². The predicted molar refractivity (Wildman–Crippen MR) is 119 cm³/mol. The molecule has 2 aliphatic rings. The molecule has 2 fully saturated rings. The number of nitrogens with zero attached hydrogens (tertiary/aromatic N) is 3. The number of hydrogen-bond donors (Lipinski definition) is 1. The summed E-state index contributed by atoms with van der Waals surface area (Å²) in [5.74, 6) is 0.439. The van der Waals surface area contributed by atoms with Gasteiger partial charge in [-0.3, -0.25) is 4.79 Å². The first-order valence-corrected chi connectivity index (χ1v) is 12.2. The minimum absolute atomic E-state index is 0.0106. The van der Waals surface area contributed by atoms with Gasteiger partial charge in [-0.15, -0.1) is 0 Å². The fourth-order valence-corrected chi connectivity index (χ4v) is 5.59.